The normalized spacial score (nSPS) is 18.3. The van der Waals surface area contributed by atoms with Gasteiger partial charge < -0.3 is 10.1 Å². The first-order valence-electron chi connectivity index (χ1n) is 7.28. The van der Waals surface area contributed by atoms with Crippen LogP contribution < -0.4 is 5.32 Å². The Hall–Kier alpha value is -1.11. The lowest BCUT2D eigenvalue weighted by molar-refractivity contribution is -0.120. The Morgan fingerprint density at radius 3 is 2.82 bits per heavy atom. The molecule has 7 heteroatoms. The summed E-state index contributed by atoms with van der Waals surface area (Å²) in [6, 6.07) is 7.21. The molecule has 1 atom stereocenters. The van der Waals surface area contributed by atoms with Crippen LogP contribution in [-0.2, 0) is 25.9 Å². The van der Waals surface area contributed by atoms with E-state index in [9.17, 15) is 13.2 Å². The van der Waals surface area contributed by atoms with Crippen LogP contribution in [0.2, 0.25) is 5.02 Å². The molecule has 1 aliphatic heterocycles. The zero-order valence-corrected chi connectivity index (χ0v) is 13.8. The van der Waals surface area contributed by atoms with Crippen LogP contribution in [0, 0.1) is 0 Å². The minimum atomic E-state index is -3.26. The summed E-state index contributed by atoms with van der Waals surface area (Å²) >= 11 is 5.99. The molecule has 122 valence electrons. The van der Waals surface area contributed by atoms with Crippen LogP contribution in [0.1, 0.15) is 24.8 Å². The molecule has 0 aliphatic carbocycles. The van der Waals surface area contributed by atoms with Crippen molar-refractivity contribution < 1.29 is 17.9 Å². The third-order valence-corrected chi connectivity index (χ3v) is 5.61. The summed E-state index contributed by atoms with van der Waals surface area (Å²) in [5.41, 5.74) is 0.805. The number of amides is 1. The summed E-state index contributed by atoms with van der Waals surface area (Å²) < 4.78 is 29.2. The van der Waals surface area contributed by atoms with Crippen molar-refractivity contribution in [1.82, 2.24) is 5.32 Å². The maximum absolute atomic E-state index is 11.9. The zero-order valence-electron chi connectivity index (χ0n) is 12.3. The van der Waals surface area contributed by atoms with E-state index in [1.807, 2.05) is 18.2 Å². The molecule has 0 bridgehead atoms. The SMILES string of the molecule is O=C(CCS(=O)(=O)CC1CCCO1)NCc1ccccc1Cl. The van der Waals surface area contributed by atoms with Gasteiger partial charge in [-0.1, -0.05) is 29.8 Å². The highest BCUT2D eigenvalue weighted by atomic mass is 35.5. The fourth-order valence-corrected chi connectivity index (χ4v) is 4.01. The summed E-state index contributed by atoms with van der Waals surface area (Å²) in [5.74, 6) is -0.442. The van der Waals surface area contributed by atoms with Crippen molar-refractivity contribution >= 4 is 27.3 Å². The van der Waals surface area contributed by atoms with Gasteiger partial charge >= 0.3 is 0 Å². The number of hydrogen-bond donors (Lipinski definition) is 1. The average Bonchev–Trinajstić information content (AvgIpc) is 2.96. The first kappa shape index (κ1) is 17.2. The second-order valence-electron chi connectivity index (χ2n) is 5.37. The van der Waals surface area contributed by atoms with Crippen molar-refractivity contribution in [3.63, 3.8) is 0 Å². The van der Waals surface area contributed by atoms with Gasteiger partial charge in [-0.05, 0) is 24.5 Å². The summed E-state index contributed by atoms with van der Waals surface area (Å²) in [5, 5.41) is 3.26. The highest BCUT2D eigenvalue weighted by molar-refractivity contribution is 7.91. The number of ether oxygens (including phenoxy) is 1. The molecule has 0 saturated carbocycles. The molecule has 0 aromatic heterocycles. The minimum Gasteiger partial charge on any atom is -0.377 e. The van der Waals surface area contributed by atoms with E-state index >= 15 is 0 Å². The smallest absolute Gasteiger partial charge is 0.221 e. The van der Waals surface area contributed by atoms with Gasteiger partial charge in [-0.2, -0.15) is 0 Å². The van der Waals surface area contributed by atoms with E-state index in [-0.39, 0.29) is 29.9 Å². The molecule has 1 aromatic carbocycles. The molecule has 1 aromatic rings. The van der Waals surface area contributed by atoms with Crippen LogP contribution in [0.15, 0.2) is 24.3 Å². The number of rotatable bonds is 7. The van der Waals surface area contributed by atoms with Crippen LogP contribution in [-0.4, -0.2) is 38.5 Å². The summed E-state index contributed by atoms with van der Waals surface area (Å²) in [6.45, 7) is 0.919. The number of carbonyl (C=O) groups excluding carboxylic acids is 1. The van der Waals surface area contributed by atoms with Crippen molar-refractivity contribution in [3.8, 4) is 0 Å². The lowest BCUT2D eigenvalue weighted by Gasteiger charge is -2.10. The Bertz CT molecular complexity index is 612. The lowest BCUT2D eigenvalue weighted by atomic mass is 10.2. The predicted molar refractivity (Wildman–Crippen MR) is 85.5 cm³/mol. The Morgan fingerprint density at radius 1 is 1.36 bits per heavy atom. The number of hydrogen-bond acceptors (Lipinski definition) is 4. The average molecular weight is 346 g/mol. The fourth-order valence-electron chi connectivity index (χ4n) is 2.31. The van der Waals surface area contributed by atoms with Gasteiger partial charge in [0.25, 0.3) is 0 Å². The van der Waals surface area contributed by atoms with Crippen molar-refractivity contribution in [1.29, 1.82) is 0 Å². The van der Waals surface area contributed by atoms with Gasteiger partial charge in [0, 0.05) is 24.6 Å². The molecular formula is C15H20ClNO4S. The third kappa shape index (κ3) is 5.59. The first-order chi connectivity index (χ1) is 10.5. The number of nitrogens with one attached hydrogen (secondary N) is 1. The molecule has 1 N–H and O–H groups in total. The second kappa shape index (κ2) is 7.94. The second-order valence-corrected chi connectivity index (χ2v) is 8.00. The Balaban J connectivity index is 1.74. The van der Waals surface area contributed by atoms with Gasteiger partial charge in [0.2, 0.25) is 5.91 Å². The molecule has 1 unspecified atom stereocenters. The van der Waals surface area contributed by atoms with Crippen molar-refractivity contribution in [3.05, 3.63) is 34.9 Å². The highest BCUT2D eigenvalue weighted by Crippen LogP contribution is 2.15. The summed E-state index contributed by atoms with van der Waals surface area (Å²) in [7, 11) is -3.26. The van der Waals surface area contributed by atoms with Gasteiger partial charge in [-0.3, -0.25) is 4.79 Å². The molecule has 1 heterocycles. The molecule has 5 nitrogen and oxygen atoms in total. The van der Waals surface area contributed by atoms with Crippen LogP contribution >= 0.6 is 11.6 Å². The standard InChI is InChI=1S/C15H20ClNO4S/c16-14-6-2-1-4-12(14)10-17-15(18)7-9-22(19,20)11-13-5-3-8-21-13/h1-2,4,6,13H,3,5,7-11H2,(H,17,18). The van der Waals surface area contributed by atoms with Crippen LogP contribution in [0.3, 0.4) is 0 Å². The topological polar surface area (TPSA) is 72.5 Å². The summed E-state index contributed by atoms with van der Waals surface area (Å²) in [4.78, 5) is 11.8. The van der Waals surface area contributed by atoms with E-state index in [2.05, 4.69) is 5.32 Å². The molecule has 2 rings (SSSR count). The van der Waals surface area contributed by atoms with E-state index in [1.54, 1.807) is 6.07 Å². The lowest BCUT2D eigenvalue weighted by Crippen LogP contribution is -2.28. The molecule has 1 aliphatic rings. The monoisotopic (exact) mass is 345 g/mol. The zero-order chi connectivity index (χ0) is 16.0. The number of sulfone groups is 1. The van der Waals surface area contributed by atoms with E-state index < -0.39 is 9.84 Å². The van der Waals surface area contributed by atoms with Crippen LogP contribution in [0.5, 0.6) is 0 Å². The maximum Gasteiger partial charge on any atom is 0.221 e. The summed E-state index contributed by atoms with van der Waals surface area (Å²) in [6.07, 6.45) is 1.42. The van der Waals surface area contributed by atoms with Gasteiger partial charge in [-0.25, -0.2) is 8.42 Å². The largest absolute Gasteiger partial charge is 0.377 e. The number of carbonyl (C=O) groups is 1. The molecule has 22 heavy (non-hydrogen) atoms. The van der Waals surface area contributed by atoms with Gasteiger partial charge in [-0.15, -0.1) is 0 Å². The predicted octanol–water partition coefficient (Wildman–Crippen LogP) is 1.94. The molecule has 0 spiro atoms. The number of halogens is 1. The molecule has 0 radical (unpaired) electrons. The molecule has 1 amide bonds. The van der Waals surface area contributed by atoms with E-state index in [4.69, 9.17) is 16.3 Å². The van der Waals surface area contributed by atoms with Gasteiger partial charge in [0.05, 0.1) is 17.6 Å². The van der Waals surface area contributed by atoms with E-state index in [1.165, 1.54) is 0 Å². The number of benzene rings is 1. The van der Waals surface area contributed by atoms with Crippen molar-refractivity contribution in [2.45, 2.75) is 31.9 Å². The minimum absolute atomic E-state index is 0.00476. The highest BCUT2D eigenvalue weighted by Gasteiger charge is 2.23. The van der Waals surface area contributed by atoms with Crippen molar-refractivity contribution in [2.75, 3.05) is 18.1 Å². The Labute approximate surface area is 135 Å². The Morgan fingerprint density at radius 2 is 2.14 bits per heavy atom. The molecule has 1 fully saturated rings. The first-order valence-corrected chi connectivity index (χ1v) is 9.48. The van der Waals surface area contributed by atoms with Crippen LogP contribution in [0.4, 0.5) is 0 Å². The maximum atomic E-state index is 11.9. The quantitative estimate of drug-likeness (QED) is 0.819. The van der Waals surface area contributed by atoms with E-state index in [0.717, 1.165) is 18.4 Å². The van der Waals surface area contributed by atoms with E-state index in [0.29, 0.717) is 18.2 Å². The van der Waals surface area contributed by atoms with Gasteiger partial charge in [0.1, 0.15) is 0 Å². The van der Waals surface area contributed by atoms with Gasteiger partial charge in [0.15, 0.2) is 9.84 Å². The molecular weight excluding hydrogens is 326 g/mol. The van der Waals surface area contributed by atoms with Crippen LogP contribution in [0.25, 0.3) is 0 Å². The van der Waals surface area contributed by atoms with Crippen molar-refractivity contribution in [2.24, 2.45) is 0 Å². The fraction of sp³-hybridized carbons (Fsp3) is 0.533. The third-order valence-electron chi connectivity index (χ3n) is 3.54. The molecule has 1 saturated heterocycles. The Kier molecular flexibility index (Phi) is 6.23.